The second kappa shape index (κ2) is 6.29. The number of rotatable bonds is 5. The quantitative estimate of drug-likeness (QED) is 0.885. The second-order valence-corrected chi connectivity index (χ2v) is 5.56. The van der Waals surface area contributed by atoms with E-state index < -0.39 is 0 Å². The highest BCUT2D eigenvalue weighted by Crippen LogP contribution is 2.34. The monoisotopic (exact) mass is 263 g/mol. The van der Waals surface area contributed by atoms with Gasteiger partial charge >= 0.3 is 0 Å². The number of hydrogen-bond acceptors (Lipinski definition) is 3. The molecule has 1 aromatic rings. The predicted molar refractivity (Wildman–Crippen MR) is 78.4 cm³/mol. The summed E-state index contributed by atoms with van der Waals surface area (Å²) in [4.78, 5) is 0. The Morgan fingerprint density at radius 3 is 2.47 bits per heavy atom. The van der Waals surface area contributed by atoms with Crippen molar-refractivity contribution in [3.8, 4) is 11.5 Å². The van der Waals surface area contributed by atoms with Gasteiger partial charge in [0.25, 0.3) is 0 Å². The molecule has 0 bridgehead atoms. The Bertz CT molecular complexity index is 423. The lowest BCUT2D eigenvalue weighted by molar-refractivity contribution is 0.385. The Hall–Kier alpha value is -1.22. The molecule has 1 fully saturated rings. The fourth-order valence-corrected chi connectivity index (χ4v) is 2.80. The molecular weight excluding hydrogens is 238 g/mol. The van der Waals surface area contributed by atoms with Crippen molar-refractivity contribution in [3.05, 3.63) is 23.3 Å². The summed E-state index contributed by atoms with van der Waals surface area (Å²) in [5, 5.41) is 3.55. The Morgan fingerprint density at radius 1 is 1.21 bits per heavy atom. The summed E-state index contributed by atoms with van der Waals surface area (Å²) < 4.78 is 11.0. The van der Waals surface area contributed by atoms with Crippen LogP contribution in [-0.2, 0) is 6.42 Å². The molecule has 1 unspecified atom stereocenters. The van der Waals surface area contributed by atoms with Gasteiger partial charge in [-0.15, -0.1) is 0 Å². The van der Waals surface area contributed by atoms with Crippen LogP contribution in [0.1, 0.15) is 43.7 Å². The molecule has 0 aromatic heterocycles. The number of methoxy groups -OCH3 is 2. The first-order chi connectivity index (χ1) is 9.15. The highest BCUT2D eigenvalue weighted by atomic mass is 16.5. The van der Waals surface area contributed by atoms with Crippen LogP contribution < -0.4 is 14.8 Å². The molecule has 0 spiro atoms. The third-order valence-electron chi connectivity index (χ3n) is 3.88. The summed E-state index contributed by atoms with van der Waals surface area (Å²) in [6, 6.07) is 4.87. The summed E-state index contributed by atoms with van der Waals surface area (Å²) in [6.07, 6.45) is 3.57. The van der Waals surface area contributed by atoms with Crippen molar-refractivity contribution >= 4 is 0 Å². The third kappa shape index (κ3) is 3.21. The van der Waals surface area contributed by atoms with Crippen LogP contribution >= 0.6 is 0 Å². The van der Waals surface area contributed by atoms with Crippen molar-refractivity contribution < 1.29 is 9.47 Å². The van der Waals surface area contributed by atoms with E-state index >= 15 is 0 Å². The van der Waals surface area contributed by atoms with Gasteiger partial charge < -0.3 is 14.8 Å². The normalized spacial score (nSPS) is 18.9. The number of hydrogen-bond donors (Lipinski definition) is 1. The van der Waals surface area contributed by atoms with Crippen LogP contribution in [0, 0.1) is 0 Å². The lowest BCUT2D eigenvalue weighted by atomic mass is 9.95. The average molecular weight is 263 g/mol. The molecule has 0 aliphatic carbocycles. The Kier molecular flexibility index (Phi) is 4.70. The summed E-state index contributed by atoms with van der Waals surface area (Å²) in [5.41, 5.74) is 2.54. The summed E-state index contributed by atoms with van der Waals surface area (Å²) >= 11 is 0. The minimum atomic E-state index is 0.455. The summed E-state index contributed by atoms with van der Waals surface area (Å²) in [6.45, 7) is 5.53. The van der Waals surface area contributed by atoms with Gasteiger partial charge in [0.15, 0.2) is 0 Å². The van der Waals surface area contributed by atoms with E-state index in [9.17, 15) is 0 Å². The van der Waals surface area contributed by atoms with Crippen molar-refractivity contribution in [2.45, 2.75) is 45.1 Å². The van der Waals surface area contributed by atoms with Gasteiger partial charge in [-0.25, -0.2) is 0 Å². The van der Waals surface area contributed by atoms with E-state index in [0.29, 0.717) is 12.0 Å². The van der Waals surface area contributed by atoms with Crippen molar-refractivity contribution in [2.75, 3.05) is 20.8 Å². The van der Waals surface area contributed by atoms with E-state index in [2.05, 4.69) is 25.2 Å². The largest absolute Gasteiger partial charge is 0.496 e. The SMILES string of the molecule is COc1cc(OC)c(C(C)C)cc1CC1CCCN1. The zero-order chi connectivity index (χ0) is 13.8. The van der Waals surface area contributed by atoms with Gasteiger partial charge in [0.2, 0.25) is 0 Å². The maximum absolute atomic E-state index is 5.53. The maximum Gasteiger partial charge on any atom is 0.126 e. The lowest BCUT2D eigenvalue weighted by Gasteiger charge is -2.19. The predicted octanol–water partition coefficient (Wildman–Crippen LogP) is 3.12. The second-order valence-electron chi connectivity index (χ2n) is 5.56. The van der Waals surface area contributed by atoms with Crippen molar-refractivity contribution in [2.24, 2.45) is 0 Å². The summed E-state index contributed by atoms with van der Waals surface area (Å²) in [5.74, 6) is 2.32. The molecule has 0 amide bonds. The smallest absolute Gasteiger partial charge is 0.126 e. The first-order valence-electron chi connectivity index (χ1n) is 7.14. The fourth-order valence-electron chi connectivity index (χ4n) is 2.80. The number of benzene rings is 1. The molecule has 1 saturated heterocycles. The van der Waals surface area contributed by atoms with Gasteiger partial charge in [0.05, 0.1) is 14.2 Å². The van der Waals surface area contributed by atoms with Gasteiger partial charge in [0.1, 0.15) is 11.5 Å². The molecule has 106 valence electrons. The average Bonchev–Trinajstić information content (AvgIpc) is 2.91. The third-order valence-corrected chi connectivity index (χ3v) is 3.88. The molecule has 0 saturated carbocycles. The fraction of sp³-hybridized carbons (Fsp3) is 0.625. The molecule has 0 radical (unpaired) electrons. The van der Waals surface area contributed by atoms with Gasteiger partial charge in [-0.2, -0.15) is 0 Å². The van der Waals surface area contributed by atoms with E-state index in [1.165, 1.54) is 24.0 Å². The zero-order valence-corrected chi connectivity index (χ0v) is 12.5. The number of nitrogens with one attached hydrogen (secondary N) is 1. The van der Waals surface area contributed by atoms with Gasteiger partial charge in [-0.3, -0.25) is 0 Å². The van der Waals surface area contributed by atoms with E-state index in [4.69, 9.17) is 9.47 Å². The molecule has 3 heteroatoms. The van der Waals surface area contributed by atoms with Crippen LogP contribution in [0.3, 0.4) is 0 Å². The molecule has 1 aliphatic heterocycles. The van der Waals surface area contributed by atoms with Crippen molar-refractivity contribution in [1.29, 1.82) is 0 Å². The van der Waals surface area contributed by atoms with Crippen LogP contribution in [0.5, 0.6) is 11.5 Å². The molecule has 1 aromatic carbocycles. The first kappa shape index (κ1) is 14.2. The number of ether oxygens (including phenoxy) is 2. The zero-order valence-electron chi connectivity index (χ0n) is 12.5. The van der Waals surface area contributed by atoms with Gasteiger partial charge in [-0.05, 0) is 48.9 Å². The van der Waals surface area contributed by atoms with E-state index in [1.807, 2.05) is 6.07 Å². The Balaban J connectivity index is 2.31. The molecular formula is C16H25NO2. The van der Waals surface area contributed by atoms with Gasteiger partial charge in [-0.1, -0.05) is 13.8 Å². The molecule has 1 atom stereocenters. The topological polar surface area (TPSA) is 30.5 Å². The van der Waals surface area contributed by atoms with Gasteiger partial charge in [0, 0.05) is 12.1 Å². The van der Waals surface area contributed by atoms with E-state index in [-0.39, 0.29) is 0 Å². The van der Waals surface area contributed by atoms with Crippen LogP contribution in [0.25, 0.3) is 0 Å². The van der Waals surface area contributed by atoms with Crippen LogP contribution in [0.4, 0.5) is 0 Å². The molecule has 1 aliphatic rings. The highest BCUT2D eigenvalue weighted by molar-refractivity contribution is 5.48. The van der Waals surface area contributed by atoms with Crippen molar-refractivity contribution in [3.63, 3.8) is 0 Å². The first-order valence-corrected chi connectivity index (χ1v) is 7.14. The molecule has 1 N–H and O–H groups in total. The molecule has 19 heavy (non-hydrogen) atoms. The van der Waals surface area contributed by atoms with Crippen LogP contribution in [0.2, 0.25) is 0 Å². The van der Waals surface area contributed by atoms with E-state index in [0.717, 1.165) is 24.5 Å². The Morgan fingerprint density at radius 2 is 1.95 bits per heavy atom. The van der Waals surface area contributed by atoms with Crippen LogP contribution in [-0.4, -0.2) is 26.8 Å². The summed E-state index contributed by atoms with van der Waals surface area (Å²) in [7, 11) is 3.45. The standard InChI is InChI=1S/C16H25NO2/c1-11(2)14-9-12(8-13-6-5-7-17-13)15(18-3)10-16(14)19-4/h9-11,13,17H,5-8H2,1-4H3. The minimum Gasteiger partial charge on any atom is -0.496 e. The lowest BCUT2D eigenvalue weighted by Crippen LogP contribution is -2.24. The molecule has 1 heterocycles. The minimum absolute atomic E-state index is 0.455. The molecule has 2 rings (SSSR count). The van der Waals surface area contributed by atoms with Crippen molar-refractivity contribution in [1.82, 2.24) is 5.32 Å². The highest BCUT2D eigenvalue weighted by Gasteiger charge is 2.19. The Labute approximate surface area is 116 Å². The maximum atomic E-state index is 5.53. The van der Waals surface area contributed by atoms with Crippen LogP contribution in [0.15, 0.2) is 12.1 Å². The molecule has 3 nitrogen and oxygen atoms in total. The van der Waals surface area contributed by atoms with E-state index in [1.54, 1.807) is 14.2 Å².